The molecule has 0 saturated heterocycles. The molecule has 1 spiro atoms. The molecule has 2 aromatic carbocycles. The van der Waals surface area contributed by atoms with Gasteiger partial charge in [-0.3, -0.25) is 0 Å². The number of rotatable bonds is 5. The number of aryl methyl sites for hydroxylation is 1. The van der Waals surface area contributed by atoms with E-state index in [1.54, 1.807) is 14.2 Å². The second-order valence-corrected chi connectivity index (χ2v) is 7.57. The lowest BCUT2D eigenvalue weighted by molar-refractivity contribution is -0.116. The molecule has 1 atom stereocenters. The van der Waals surface area contributed by atoms with Crippen molar-refractivity contribution < 1.29 is 24.2 Å². The number of fused-ring (bicyclic) bond motifs is 1. The quantitative estimate of drug-likeness (QED) is 0.771. The van der Waals surface area contributed by atoms with Crippen molar-refractivity contribution in [3.63, 3.8) is 0 Å². The molecule has 1 amide bonds. The molecular formula is C22H23NO5. The van der Waals surface area contributed by atoms with Crippen molar-refractivity contribution in [3.8, 4) is 22.6 Å². The molecule has 0 unspecified atom stereocenters. The molecule has 1 fully saturated rings. The number of carbonyl (C=O) groups excluding carboxylic acids is 1. The van der Waals surface area contributed by atoms with E-state index in [1.807, 2.05) is 36.4 Å². The summed E-state index contributed by atoms with van der Waals surface area (Å²) in [5.74, 6) is 1.45. The number of nitrogens with one attached hydrogen (secondary N) is 1. The first kappa shape index (κ1) is 18.3. The number of benzene rings is 2. The van der Waals surface area contributed by atoms with Gasteiger partial charge in [-0.2, -0.15) is 0 Å². The summed E-state index contributed by atoms with van der Waals surface area (Å²) in [5.41, 5.74) is 2.11. The number of amides is 1. The largest absolute Gasteiger partial charge is 0.497 e. The van der Waals surface area contributed by atoms with Gasteiger partial charge in [0.2, 0.25) is 0 Å². The second kappa shape index (κ2) is 6.55. The van der Waals surface area contributed by atoms with Crippen molar-refractivity contribution in [2.75, 3.05) is 14.2 Å². The molecule has 1 saturated carbocycles. The molecule has 6 nitrogen and oxygen atoms in total. The van der Waals surface area contributed by atoms with Gasteiger partial charge in [-0.25, -0.2) is 4.79 Å². The Morgan fingerprint density at radius 1 is 1.11 bits per heavy atom. The lowest BCUT2D eigenvalue weighted by Gasteiger charge is -2.42. The molecule has 2 N–H and O–H groups in total. The van der Waals surface area contributed by atoms with Crippen LogP contribution in [0.3, 0.4) is 0 Å². The molecule has 2 aromatic rings. The van der Waals surface area contributed by atoms with Gasteiger partial charge in [0, 0.05) is 11.0 Å². The maximum Gasteiger partial charge on any atom is 0.405 e. The van der Waals surface area contributed by atoms with E-state index in [4.69, 9.17) is 9.47 Å². The third-order valence-corrected chi connectivity index (χ3v) is 6.29. The Bertz CT molecular complexity index is 950. The number of hydrogen-bond acceptors (Lipinski definition) is 4. The third kappa shape index (κ3) is 2.63. The van der Waals surface area contributed by atoms with Crippen LogP contribution in [0.1, 0.15) is 30.4 Å². The lowest BCUT2D eigenvalue weighted by Crippen LogP contribution is -2.55. The minimum Gasteiger partial charge on any atom is -0.497 e. The van der Waals surface area contributed by atoms with Gasteiger partial charge in [0.1, 0.15) is 17.0 Å². The molecule has 0 bridgehead atoms. The summed E-state index contributed by atoms with van der Waals surface area (Å²) in [5, 5.41) is 12.0. The van der Waals surface area contributed by atoms with Crippen molar-refractivity contribution in [2.45, 2.75) is 31.2 Å². The number of ether oxygens (including phenoxy) is 2. The lowest BCUT2D eigenvalue weighted by atomic mass is 9.67. The summed E-state index contributed by atoms with van der Waals surface area (Å²) >= 11 is 0. The van der Waals surface area contributed by atoms with E-state index < -0.39 is 11.6 Å². The van der Waals surface area contributed by atoms with E-state index >= 15 is 0 Å². The van der Waals surface area contributed by atoms with Crippen molar-refractivity contribution >= 4 is 12.4 Å². The first-order chi connectivity index (χ1) is 13.5. The minimum absolute atomic E-state index is 0.296. The summed E-state index contributed by atoms with van der Waals surface area (Å²) in [4.78, 5) is 23.7. The molecule has 2 aliphatic rings. The maximum absolute atomic E-state index is 12.2. The maximum atomic E-state index is 12.2. The number of aldehydes is 1. The number of hydrogen-bond donors (Lipinski definition) is 2. The van der Waals surface area contributed by atoms with Gasteiger partial charge < -0.3 is 24.7 Å². The minimum atomic E-state index is -1.18. The highest BCUT2D eigenvalue weighted by Crippen LogP contribution is 2.63. The van der Waals surface area contributed by atoms with Crippen molar-refractivity contribution in [1.82, 2.24) is 5.32 Å². The number of carboxylic acid groups (broad SMARTS) is 1. The summed E-state index contributed by atoms with van der Waals surface area (Å²) in [7, 11) is 3.23. The fourth-order valence-corrected chi connectivity index (χ4v) is 4.63. The zero-order chi connectivity index (χ0) is 19.9. The molecular weight excluding hydrogens is 358 g/mol. The molecule has 28 heavy (non-hydrogen) atoms. The Morgan fingerprint density at radius 2 is 1.89 bits per heavy atom. The van der Waals surface area contributed by atoms with E-state index in [0.29, 0.717) is 0 Å². The topological polar surface area (TPSA) is 84.9 Å². The zero-order valence-electron chi connectivity index (χ0n) is 16.0. The molecule has 0 radical (unpaired) electrons. The van der Waals surface area contributed by atoms with Gasteiger partial charge in [0.15, 0.2) is 6.29 Å². The van der Waals surface area contributed by atoms with Crippen LogP contribution in [0.4, 0.5) is 4.79 Å². The molecule has 2 aliphatic carbocycles. The zero-order valence-corrected chi connectivity index (χ0v) is 16.0. The van der Waals surface area contributed by atoms with Gasteiger partial charge in [-0.15, -0.1) is 0 Å². The molecule has 0 aromatic heterocycles. The van der Waals surface area contributed by atoms with E-state index in [1.165, 1.54) is 0 Å². The molecule has 146 valence electrons. The predicted molar refractivity (Wildman–Crippen MR) is 104 cm³/mol. The number of methoxy groups -OCH3 is 2. The third-order valence-electron chi connectivity index (χ3n) is 6.29. The van der Waals surface area contributed by atoms with Crippen LogP contribution in [-0.4, -0.2) is 31.7 Å². The van der Waals surface area contributed by atoms with Crippen molar-refractivity contribution in [1.29, 1.82) is 0 Å². The van der Waals surface area contributed by atoms with E-state index in [-0.39, 0.29) is 5.41 Å². The summed E-state index contributed by atoms with van der Waals surface area (Å²) < 4.78 is 10.8. The van der Waals surface area contributed by atoms with Crippen LogP contribution in [-0.2, 0) is 16.8 Å². The standard InChI is InChI=1S/C22H23NO5/c1-27-16-4-6-19(28-2)17(12-16)14-3-5-18-15(11-14)7-8-21(9-10-21)22(18,13-24)23-20(25)26/h3-6,11-13,23H,7-10H2,1-2H3,(H,25,26)/t22-/m1/s1. The first-order valence-electron chi connectivity index (χ1n) is 9.32. The smallest absolute Gasteiger partial charge is 0.405 e. The highest BCUT2D eigenvalue weighted by Gasteiger charge is 2.63. The Kier molecular flexibility index (Phi) is 4.29. The van der Waals surface area contributed by atoms with Gasteiger partial charge in [-0.1, -0.05) is 18.2 Å². The van der Waals surface area contributed by atoms with Crippen LogP contribution >= 0.6 is 0 Å². The van der Waals surface area contributed by atoms with E-state index in [9.17, 15) is 14.7 Å². The molecule has 6 heteroatoms. The van der Waals surface area contributed by atoms with E-state index in [2.05, 4.69) is 5.32 Å². The van der Waals surface area contributed by atoms with Gasteiger partial charge >= 0.3 is 6.09 Å². The summed E-state index contributed by atoms with van der Waals surface area (Å²) in [6.45, 7) is 0. The summed E-state index contributed by atoms with van der Waals surface area (Å²) in [6, 6.07) is 11.4. The Morgan fingerprint density at radius 3 is 2.50 bits per heavy atom. The first-order valence-corrected chi connectivity index (χ1v) is 9.32. The average molecular weight is 381 g/mol. The fourth-order valence-electron chi connectivity index (χ4n) is 4.63. The predicted octanol–water partition coefficient (Wildman–Crippen LogP) is 3.76. The van der Waals surface area contributed by atoms with Crippen LogP contribution in [0, 0.1) is 5.41 Å². The Hall–Kier alpha value is -3.02. The average Bonchev–Trinajstić information content (AvgIpc) is 3.50. The van der Waals surface area contributed by atoms with E-state index in [0.717, 1.165) is 65.7 Å². The Labute approximate surface area is 163 Å². The van der Waals surface area contributed by atoms with Crippen LogP contribution in [0.25, 0.3) is 11.1 Å². The van der Waals surface area contributed by atoms with Crippen molar-refractivity contribution in [2.24, 2.45) is 5.41 Å². The SMILES string of the molecule is COc1ccc(OC)c(-c2ccc3c(c2)CCC2(CC2)[C@]3(C=O)NC(=O)O)c1. The highest BCUT2D eigenvalue weighted by molar-refractivity contribution is 5.81. The monoisotopic (exact) mass is 381 g/mol. The van der Waals surface area contributed by atoms with Crippen LogP contribution in [0.15, 0.2) is 36.4 Å². The molecule has 4 rings (SSSR count). The van der Waals surface area contributed by atoms with Crippen LogP contribution in [0.5, 0.6) is 11.5 Å². The van der Waals surface area contributed by atoms with Gasteiger partial charge in [0.05, 0.1) is 14.2 Å². The van der Waals surface area contributed by atoms with Crippen LogP contribution < -0.4 is 14.8 Å². The van der Waals surface area contributed by atoms with Gasteiger partial charge in [0.25, 0.3) is 0 Å². The van der Waals surface area contributed by atoms with Crippen LogP contribution in [0.2, 0.25) is 0 Å². The molecule has 0 aliphatic heterocycles. The highest BCUT2D eigenvalue weighted by atomic mass is 16.5. The Balaban J connectivity index is 1.84. The van der Waals surface area contributed by atoms with Crippen molar-refractivity contribution in [3.05, 3.63) is 47.5 Å². The number of carbonyl (C=O) groups is 2. The fraction of sp³-hybridized carbons (Fsp3) is 0.364. The van der Waals surface area contributed by atoms with Gasteiger partial charge in [-0.05, 0) is 60.6 Å². The molecule has 0 heterocycles. The normalized spacial score (nSPS) is 21.5. The second-order valence-electron chi connectivity index (χ2n) is 7.57. The summed E-state index contributed by atoms with van der Waals surface area (Å²) in [6.07, 6.45) is 2.93.